The third-order valence-corrected chi connectivity index (χ3v) is 5.26. The zero-order valence-electron chi connectivity index (χ0n) is 17.6. The highest BCUT2D eigenvalue weighted by Crippen LogP contribution is 2.31. The standard InChI is InChI=1S/C25H20N4O3/c1-31-22-10-9-18(21-15-29-23(26-21)11-12-24(28-29)32-2)14-20(22)27-25(30)19-8-7-16-5-3-4-6-17(16)13-19/h3-15H,1-2H3,(H,27,30). The number of carbonyl (C=O) groups is 1. The monoisotopic (exact) mass is 424 g/mol. The van der Waals surface area contributed by atoms with Gasteiger partial charge >= 0.3 is 0 Å². The van der Waals surface area contributed by atoms with Crippen molar-refractivity contribution in [3.63, 3.8) is 0 Å². The first-order valence-corrected chi connectivity index (χ1v) is 10.0. The summed E-state index contributed by atoms with van der Waals surface area (Å²) in [7, 11) is 3.14. The van der Waals surface area contributed by atoms with E-state index in [0.717, 1.165) is 22.0 Å². The number of benzene rings is 3. The number of aromatic nitrogens is 3. The van der Waals surface area contributed by atoms with E-state index in [4.69, 9.17) is 9.47 Å². The summed E-state index contributed by atoms with van der Waals surface area (Å²) >= 11 is 0. The molecule has 32 heavy (non-hydrogen) atoms. The van der Waals surface area contributed by atoms with E-state index in [1.54, 1.807) is 24.8 Å². The van der Waals surface area contributed by atoms with Crippen LogP contribution in [0.4, 0.5) is 5.69 Å². The molecule has 0 saturated carbocycles. The third kappa shape index (κ3) is 3.60. The van der Waals surface area contributed by atoms with E-state index < -0.39 is 0 Å². The van der Waals surface area contributed by atoms with E-state index in [9.17, 15) is 4.79 Å². The average Bonchev–Trinajstić information content (AvgIpc) is 3.27. The quantitative estimate of drug-likeness (QED) is 0.438. The number of amides is 1. The first kappa shape index (κ1) is 19.6. The maximum absolute atomic E-state index is 13.0. The molecule has 1 N–H and O–H groups in total. The zero-order chi connectivity index (χ0) is 22.1. The van der Waals surface area contributed by atoms with Crippen LogP contribution in [0.3, 0.4) is 0 Å². The van der Waals surface area contributed by atoms with Crippen molar-refractivity contribution in [1.29, 1.82) is 0 Å². The Labute approximate surface area is 184 Å². The number of ether oxygens (including phenoxy) is 2. The molecule has 2 heterocycles. The number of anilines is 1. The molecule has 0 fully saturated rings. The minimum Gasteiger partial charge on any atom is -0.495 e. The first-order chi connectivity index (χ1) is 15.6. The summed E-state index contributed by atoms with van der Waals surface area (Å²) in [6.45, 7) is 0. The lowest BCUT2D eigenvalue weighted by molar-refractivity contribution is 0.102. The highest BCUT2D eigenvalue weighted by Gasteiger charge is 2.14. The van der Waals surface area contributed by atoms with Crippen molar-refractivity contribution >= 4 is 28.0 Å². The molecule has 5 aromatic rings. The maximum atomic E-state index is 13.0. The number of methoxy groups -OCH3 is 2. The van der Waals surface area contributed by atoms with Crippen LogP contribution in [0.5, 0.6) is 11.6 Å². The predicted molar refractivity (Wildman–Crippen MR) is 123 cm³/mol. The molecule has 0 unspecified atom stereocenters. The second kappa shape index (κ2) is 8.03. The highest BCUT2D eigenvalue weighted by molar-refractivity contribution is 6.07. The smallest absolute Gasteiger partial charge is 0.255 e. The molecule has 7 heteroatoms. The lowest BCUT2D eigenvalue weighted by atomic mass is 10.1. The van der Waals surface area contributed by atoms with Crippen LogP contribution in [0.15, 0.2) is 79.0 Å². The van der Waals surface area contributed by atoms with Crippen LogP contribution in [0.25, 0.3) is 27.7 Å². The van der Waals surface area contributed by atoms with Gasteiger partial charge in [-0.25, -0.2) is 9.50 Å². The minimum absolute atomic E-state index is 0.215. The van der Waals surface area contributed by atoms with Gasteiger partial charge in [-0.3, -0.25) is 4.79 Å². The van der Waals surface area contributed by atoms with Crippen LogP contribution in [0.1, 0.15) is 10.4 Å². The Morgan fingerprint density at radius 2 is 1.75 bits per heavy atom. The Balaban J connectivity index is 1.48. The molecule has 2 aromatic heterocycles. The number of nitrogens with one attached hydrogen (secondary N) is 1. The molecule has 0 aliphatic rings. The van der Waals surface area contributed by atoms with Crippen molar-refractivity contribution in [3.05, 3.63) is 84.6 Å². The summed E-state index contributed by atoms with van der Waals surface area (Å²) in [5, 5.41) is 9.41. The van der Waals surface area contributed by atoms with Gasteiger partial charge in [-0.1, -0.05) is 30.3 Å². The predicted octanol–water partition coefficient (Wildman–Crippen LogP) is 4.82. The fourth-order valence-electron chi connectivity index (χ4n) is 3.60. The first-order valence-electron chi connectivity index (χ1n) is 10.0. The molecule has 0 aliphatic heterocycles. The van der Waals surface area contributed by atoms with Crippen molar-refractivity contribution in [2.75, 3.05) is 19.5 Å². The Hall–Kier alpha value is -4.39. The summed E-state index contributed by atoms with van der Waals surface area (Å²) in [4.78, 5) is 17.6. The van der Waals surface area contributed by atoms with Gasteiger partial charge in [-0.2, -0.15) is 0 Å². The number of hydrogen-bond acceptors (Lipinski definition) is 5. The maximum Gasteiger partial charge on any atom is 0.255 e. The summed E-state index contributed by atoms with van der Waals surface area (Å²) in [5.41, 5.74) is 3.36. The molecule has 3 aromatic carbocycles. The molecule has 158 valence electrons. The molecule has 0 atom stereocenters. The summed E-state index contributed by atoms with van der Waals surface area (Å²) in [6.07, 6.45) is 1.81. The lowest BCUT2D eigenvalue weighted by Crippen LogP contribution is -2.12. The fraction of sp³-hybridized carbons (Fsp3) is 0.0800. The number of rotatable bonds is 5. The molecular formula is C25H20N4O3. The molecule has 0 saturated heterocycles. The summed E-state index contributed by atoms with van der Waals surface area (Å²) < 4.78 is 12.3. The van der Waals surface area contributed by atoms with Gasteiger partial charge in [-0.05, 0) is 47.2 Å². The van der Waals surface area contributed by atoms with Crippen LogP contribution in [-0.2, 0) is 0 Å². The van der Waals surface area contributed by atoms with Crippen molar-refractivity contribution in [2.45, 2.75) is 0 Å². The Morgan fingerprint density at radius 1 is 0.906 bits per heavy atom. The minimum atomic E-state index is -0.215. The Morgan fingerprint density at radius 3 is 2.56 bits per heavy atom. The highest BCUT2D eigenvalue weighted by atomic mass is 16.5. The van der Waals surface area contributed by atoms with Gasteiger partial charge in [0.2, 0.25) is 5.88 Å². The molecule has 7 nitrogen and oxygen atoms in total. The number of hydrogen-bond donors (Lipinski definition) is 1. The lowest BCUT2D eigenvalue weighted by Gasteiger charge is -2.12. The third-order valence-electron chi connectivity index (χ3n) is 5.26. The average molecular weight is 424 g/mol. The number of carbonyl (C=O) groups excluding carboxylic acids is 1. The van der Waals surface area contributed by atoms with Gasteiger partial charge in [0.1, 0.15) is 5.75 Å². The van der Waals surface area contributed by atoms with Crippen LogP contribution < -0.4 is 14.8 Å². The van der Waals surface area contributed by atoms with E-state index >= 15 is 0 Å². The van der Waals surface area contributed by atoms with Gasteiger partial charge < -0.3 is 14.8 Å². The van der Waals surface area contributed by atoms with Gasteiger partial charge in [0.15, 0.2) is 5.65 Å². The summed E-state index contributed by atoms with van der Waals surface area (Å²) in [6, 6.07) is 22.7. The SMILES string of the molecule is COc1ccc2nc(-c3ccc(OC)c(NC(=O)c4ccc5ccccc5c4)c3)cn2n1. The van der Waals surface area contributed by atoms with E-state index in [1.165, 1.54) is 0 Å². The van der Waals surface area contributed by atoms with Crippen molar-refractivity contribution in [3.8, 4) is 22.9 Å². The number of fused-ring (bicyclic) bond motifs is 2. The second-order valence-electron chi connectivity index (χ2n) is 7.24. The van der Waals surface area contributed by atoms with Crippen LogP contribution >= 0.6 is 0 Å². The topological polar surface area (TPSA) is 77.8 Å². The number of imidazole rings is 1. The largest absolute Gasteiger partial charge is 0.495 e. The Kier molecular flexibility index (Phi) is 4.91. The fourth-order valence-corrected chi connectivity index (χ4v) is 3.60. The molecule has 0 bridgehead atoms. The van der Waals surface area contributed by atoms with Gasteiger partial charge in [0.05, 0.1) is 31.8 Å². The van der Waals surface area contributed by atoms with Gasteiger partial charge in [0.25, 0.3) is 5.91 Å². The van der Waals surface area contributed by atoms with Crippen LogP contribution in [0.2, 0.25) is 0 Å². The van der Waals surface area contributed by atoms with Crippen molar-refractivity contribution in [1.82, 2.24) is 14.6 Å². The van der Waals surface area contributed by atoms with E-state index in [0.29, 0.717) is 28.5 Å². The van der Waals surface area contributed by atoms with Crippen LogP contribution in [0, 0.1) is 0 Å². The molecule has 1 amide bonds. The Bertz CT molecular complexity index is 1460. The molecule has 0 aliphatic carbocycles. The molecule has 5 rings (SSSR count). The summed E-state index contributed by atoms with van der Waals surface area (Å²) in [5.74, 6) is 0.846. The molecule has 0 spiro atoms. The van der Waals surface area contributed by atoms with Gasteiger partial charge in [-0.15, -0.1) is 5.10 Å². The van der Waals surface area contributed by atoms with Gasteiger partial charge in [0, 0.05) is 17.2 Å². The molecular weight excluding hydrogens is 404 g/mol. The van der Waals surface area contributed by atoms with E-state index in [-0.39, 0.29) is 5.91 Å². The normalized spacial score (nSPS) is 10.9. The second-order valence-corrected chi connectivity index (χ2v) is 7.24. The number of nitrogens with zero attached hydrogens (tertiary/aromatic N) is 3. The zero-order valence-corrected chi connectivity index (χ0v) is 17.6. The molecule has 0 radical (unpaired) electrons. The van der Waals surface area contributed by atoms with Crippen LogP contribution in [-0.4, -0.2) is 34.7 Å². The van der Waals surface area contributed by atoms with E-state index in [1.807, 2.05) is 72.9 Å². The van der Waals surface area contributed by atoms with Crippen molar-refractivity contribution in [2.24, 2.45) is 0 Å². The van der Waals surface area contributed by atoms with E-state index in [2.05, 4.69) is 15.4 Å². The van der Waals surface area contributed by atoms with Crippen molar-refractivity contribution < 1.29 is 14.3 Å².